The second kappa shape index (κ2) is 11.3. The van der Waals surface area contributed by atoms with Gasteiger partial charge in [0.1, 0.15) is 0 Å². The van der Waals surface area contributed by atoms with Gasteiger partial charge in [-0.25, -0.2) is 0 Å². The Hall–Kier alpha value is -2.73. The van der Waals surface area contributed by atoms with Gasteiger partial charge in [0.2, 0.25) is 0 Å². The summed E-state index contributed by atoms with van der Waals surface area (Å²) in [7, 11) is 0. The Bertz CT molecular complexity index is 774. The molecule has 6 nitrogen and oxygen atoms in total. The minimum Gasteiger partial charge on any atom is -0.335 e. The van der Waals surface area contributed by atoms with E-state index in [4.69, 9.17) is 0 Å². The fraction of sp³-hybridized carbons (Fsp3) is 0.435. The van der Waals surface area contributed by atoms with Gasteiger partial charge in [-0.3, -0.25) is 14.9 Å². The van der Waals surface area contributed by atoms with E-state index in [1.54, 1.807) is 17.0 Å². The molecule has 2 rings (SSSR count). The Balaban J connectivity index is 2.14. The van der Waals surface area contributed by atoms with Crippen molar-refractivity contribution < 1.29 is 14.6 Å². The molecule has 1 atom stereocenters. The lowest BCUT2D eigenvalue weighted by atomic mass is 10.1. The lowest BCUT2D eigenvalue weighted by Crippen LogP contribution is -3.11. The molecule has 0 spiro atoms. The van der Waals surface area contributed by atoms with Gasteiger partial charge in [-0.2, -0.15) is 0 Å². The topological polar surface area (TPSA) is 67.9 Å². The Kier molecular flexibility index (Phi) is 8.80. The van der Waals surface area contributed by atoms with Crippen LogP contribution in [0.3, 0.4) is 0 Å². The number of carbonyl (C=O) groups is 1. The largest absolute Gasteiger partial charge is 0.335 e. The van der Waals surface area contributed by atoms with Crippen LogP contribution in [0.2, 0.25) is 0 Å². The van der Waals surface area contributed by atoms with Gasteiger partial charge >= 0.3 is 0 Å². The second-order valence-corrected chi connectivity index (χ2v) is 7.42. The van der Waals surface area contributed by atoms with Crippen LogP contribution in [0.1, 0.15) is 49.5 Å². The number of quaternary nitrogens is 1. The first-order valence-electron chi connectivity index (χ1n) is 10.4. The summed E-state index contributed by atoms with van der Waals surface area (Å²) in [4.78, 5) is 27.1. The number of nitrogens with one attached hydrogen (secondary N) is 1. The normalized spacial score (nSPS) is 12.0. The molecular weight excluding hydrogens is 366 g/mol. The van der Waals surface area contributed by atoms with Crippen molar-refractivity contribution in [1.29, 1.82) is 0 Å². The summed E-state index contributed by atoms with van der Waals surface area (Å²) in [6.45, 7) is 10.2. The monoisotopic (exact) mass is 398 g/mol. The quantitative estimate of drug-likeness (QED) is 0.466. The molecule has 0 aliphatic carbocycles. The summed E-state index contributed by atoms with van der Waals surface area (Å²) in [5.41, 5.74) is 1.61. The first kappa shape index (κ1) is 22.6. The maximum Gasteiger partial charge on any atom is 0.269 e. The number of nitrogens with zero attached hydrogens (tertiary/aromatic N) is 2. The van der Waals surface area contributed by atoms with Crippen LogP contribution >= 0.6 is 0 Å². The van der Waals surface area contributed by atoms with Gasteiger partial charge in [0, 0.05) is 30.3 Å². The maximum atomic E-state index is 13.2. The van der Waals surface area contributed by atoms with Crippen molar-refractivity contribution in [3.8, 4) is 0 Å². The Labute approximate surface area is 173 Å². The van der Waals surface area contributed by atoms with Crippen molar-refractivity contribution in [3.05, 3.63) is 75.8 Å². The van der Waals surface area contributed by atoms with Crippen molar-refractivity contribution in [1.82, 2.24) is 4.90 Å². The summed E-state index contributed by atoms with van der Waals surface area (Å²) in [5, 5.41) is 10.9. The lowest BCUT2D eigenvalue weighted by molar-refractivity contribution is -0.896. The van der Waals surface area contributed by atoms with Crippen molar-refractivity contribution in [2.75, 3.05) is 19.6 Å². The van der Waals surface area contributed by atoms with Crippen molar-refractivity contribution >= 4 is 11.6 Å². The standard InChI is InChI=1S/C23H31N3O3/c1-4-24(5-2)17-9-10-19(3)25(23(27)21-11-7-6-8-12-21)18-20-13-15-22(16-14-20)26(28)29/h6-8,11-16,19H,4-5,9-10,17-18H2,1-3H3/p+1/t19-/m1/s1. The predicted molar refractivity (Wildman–Crippen MR) is 115 cm³/mol. The third-order valence-corrected chi connectivity index (χ3v) is 5.47. The molecule has 0 radical (unpaired) electrons. The van der Waals surface area contributed by atoms with Crippen LogP contribution in [0.25, 0.3) is 0 Å². The number of hydrogen-bond donors (Lipinski definition) is 1. The number of benzene rings is 2. The van der Waals surface area contributed by atoms with E-state index in [-0.39, 0.29) is 17.6 Å². The summed E-state index contributed by atoms with van der Waals surface area (Å²) >= 11 is 0. The van der Waals surface area contributed by atoms with Crippen LogP contribution in [0, 0.1) is 10.1 Å². The molecule has 29 heavy (non-hydrogen) atoms. The number of nitro groups is 1. The average molecular weight is 399 g/mol. The third kappa shape index (κ3) is 6.68. The van der Waals surface area contributed by atoms with E-state index in [2.05, 4.69) is 20.8 Å². The molecule has 0 saturated carbocycles. The molecule has 1 amide bonds. The number of non-ortho nitro benzene ring substituents is 1. The molecule has 2 aromatic rings. The highest BCUT2D eigenvalue weighted by Crippen LogP contribution is 2.18. The summed E-state index contributed by atoms with van der Waals surface area (Å²) in [6.07, 6.45) is 1.98. The maximum absolute atomic E-state index is 13.2. The minimum atomic E-state index is -0.408. The lowest BCUT2D eigenvalue weighted by Gasteiger charge is -2.30. The molecule has 0 saturated heterocycles. The summed E-state index contributed by atoms with van der Waals surface area (Å²) in [6, 6.07) is 15.8. The number of rotatable bonds is 11. The molecule has 6 heteroatoms. The van der Waals surface area contributed by atoms with Crippen LogP contribution in [0.15, 0.2) is 54.6 Å². The van der Waals surface area contributed by atoms with Crippen LogP contribution < -0.4 is 4.90 Å². The molecule has 156 valence electrons. The molecule has 0 heterocycles. The molecule has 0 bridgehead atoms. The molecule has 0 unspecified atom stereocenters. The van der Waals surface area contributed by atoms with Gasteiger partial charge in [0.05, 0.1) is 24.6 Å². The molecular formula is C23H32N3O3+. The van der Waals surface area contributed by atoms with Crippen molar-refractivity contribution in [2.24, 2.45) is 0 Å². The van der Waals surface area contributed by atoms with Crippen LogP contribution in [0.4, 0.5) is 5.69 Å². The molecule has 1 N–H and O–H groups in total. The Morgan fingerprint density at radius 2 is 1.69 bits per heavy atom. The zero-order chi connectivity index (χ0) is 21.2. The molecule has 0 aromatic heterocycles. The number of nitro benzene ring substituents is 1. The fourth-order valence-electron chi connectivity index (χ4n) is 3.50. The van der Waals surface area contributed by atoms with Crippen molar-refractivity contribution in [3.63, 3.8) is 0 Å². The number of carbonyl (C=O) groups excluding carboxylic acids is 1. The van der Waals surface area contributed by atoms with Gasteiger partial charge in [0.15, 0.2) is 0 Å². The first-order valence-corrected chi connectivity index (χ1v) is 10.4. The smallest absolute Gasteiger partial charge is 0.269 e. The van der Waals surface area contributed by atoms with E-state index < -0.39 is 4.92 Å². The van der Waals surface area contributed by atoms with Gasteiger partial charge < -0.3 is 9.80 Å². The van der Waals surface area contributed by atoms with Gasteiger partial charge in [-0.05, 0) is 51.3 Å². The zero-order valence-electron chi connectivity index (χ0n) is 17.6. The Morgan fingerprint density at radius 3 is 2.24 bits per heavy atom. The Morgan fingerprint density at radius 1 is 1.07 bits per heavy atom. The second-order valence-electron chi connectivity index (χ2n) is 7.42. The average Bonchev–Trinajstić information content (AvgIpc) is 2.75. The first-order chi connectivity index (χ1) is 14.0. The van der Waals surface area contributed by atoms with E-state index in [9.17, 15) is 14.9 Å². The van der Waals surface area contributed by atoms with E-state index >= 15 is 0 Å². The highest BCUT2D eigenvalue weighted by molar-refractivity contribution is 5.94. The molecule has 0 aliphatic heterocycles. The van der Waals surface area contributed by atoms with E-state index in [1.807, 2.05) is 35.2 Å². The summed E-state index contributed by atoms with van der Waals surface area (Å²) < 4.78 is 0. The molecule has 0 fully saturated rings. The SMILES string of the molecule is CC[NH+](CC)CCC[C@@H](C)N(Cc1ccc([N+](=O)[O-])cc1)C(=O)c1ccccc1. The number of hydrogen-bond acceptors (Lipinski definition) is 3. The number of amides is 1. The molecule has 0 aliphatic rings. The van der Waals surface area contributed by atoms with Gasteiger partial charge in [-0.15, -0.1) is 0 Å². The van der Waals surface area contributed by atoms with Gasteiger partial charge in [-0.1, -0.05) is 30.3 Å². The minimum absolute atomic E-state index is 0.00774. The van der Waals surface area contributed by atoms with E-state index in [0.29, 0.717) is 12.1 Å². The van der Waals surface area contributed by atoms with E-state index in [1.165, 1.54) is 12.1 Å². The zero-order valence-corrected chi connectivity index (χ0v) is 17.6. The van der Waals surface area contributed by atoms with Crippen molar-refractivity contribution in [2.45, 2.75) is 46.2 Å². The van der Waals surface area contributed by atoms with Gasteiger partial charge in [0.25, 0.3) is 11.6 Å². The third-order valence-electron chi connectivity index (χ3n) is 5.47. The molecule has 2 aromatic carbocycles. The van der Waals surface area contributed by atoms with Crippen LogP contribution in [-0.4, -0.2) is 41.4 Å². The fourth-order valence-corrected chi connectivity index (χ4v) is 3.50. The van der Waals surface area contributed by atoms with E-state index in [0.717, 1.165) is 38.0 Å². The summed E-state index contributed by atoms with van der Waals surface area (Å²) in [5.74, 6) is -0.00774. The predicted octanol–water partition coefficient (Wildman–Crippen LogP) is 3.33. The van der Waals surface area contributed by atoms with Crippen LogP contribution in [0.5, 0.6) is 0 Å². The highest BCUT2D eigenvalue weighted by Gasteiger charge is 2.22. The van der Waals surface area contributed by atoms with Crippen LogP contribution in [-0.2, 0) is 6.54 Å². The highest BCUT2D eigenvalue weighted by atomic mass is 16.6.